The molecule has 0 saturated carbocycles. The molecule has 9 nitrogen and oxygen atoms in total. The molecule has 0 bridgehead atoms. The Kier molecular flexibility index (Phi) is 6.78. The van der Waals surface area contributed by atoms with Crippen molar-refractivity contribution < 1.29 is 9.53 Å². The Bertz CT molecular complexity index is 1060. The molecule has 1 amide bonds. The molecule has 0 unspecified atom stereocenters. The van der Waals surface area contributed by atoms with Gasteiger partial charge in [-0.2, -0.15) is 4.52 Å². The van der Waals surface area contributed by atoms with Gasteiger partial charge in [0, 0.05) is 51.6 Å². The average molecular weight is 450 g/mol. The molecular formula is C24H31N7O2. The van der Waals surface area contributed by atoms with Gasteiger partial charge in [-0.25, -0.2) is 0 Å². The maximum absolute atomic E-state index is 12.6. The van der Waals surface area contributed by atoms with Crippen LogP contribution in [0, 0.1) is 0 Å². The smallest absolute Gasteiger partial charge is 0.220 e. The van der Waals surface area contributed by atoms with Crippen LogP contribution in [0.3, 0.4) is 0 Å². The number of carbonyl (C=O) groups excluding carboxylic acids is 1. The molecule has 5 rings (SSSR count). The number of hydrogen-bond donors (Lipinski definition) is 1. The van der Waals surface area contributed by atoms with Crippen LogP contribution in [0.2, 0.25) is 0 Å². The Morgan fingerprint density at radius 1 is 1.00 bits per heavy atom. The number of hydrogen-bond acceptors (Lipinski definition) is 7. The van der Waals surface area contributed by atoms with E-state index in [0.717, 1.165) is 51.4 Å². The second kappa shape index (κ2) is 10.3. The molecule has 0 aliphatic carbocycles. The number of aromatic nitrogens is 4. The van der Waals surface area contributed by atoms with Crippen LogP contribution < -0.4 is 10.2 Å². The van der Waals surface area contributed by atoms with Gasteiger partial charge in [-0.3, -0.25) is 9.69 Å². The highest BCUT2D eigenvalue weighted by atomic mass is 16.5. The molecule has 0 radical (unpaired) electrons. The Morgan fingerprint density at radius 3 is 2.58 bits per heavy atom. The van der Waals surface area contributed by atoms with Gasteiger partial charge in [-0.1, -0.05) is 30.3 Å². The zero-order valence-electron chi connectivity index (χ0n) is 18.9. The van der Waals surface area contributed by atoms with Gasteiger partial charge in [-0.15, -0.1) is 15.3 Å². The highest BCUT2D eigenvalue weighted by molar-refractivity contribution is 5.76. The SMILES string of the molecule is O=C(CCc1nnc2ccc(N3CCOCC3)nn12)NC1CCN(Cc2ccccc2)CC1. The van der Waals surface area contributed by atoms with E-state index in [4.69, 9.17) is 9.84 Å². The van der Waals surface area contributed by atoms with E-state index in [-0.39, 0.29) is 11.9 Å². The molecule has 0 spiro atoms. The Morgan fingerprint density at radius 2 is 1.79 bits per heavy atom. The van der Waals surface area contributed by atoms with Crippen molar-refractivity contribution in [3.63, 3.8) is 0 Å². The molecule has 2 fully saturated rings. The second-order valence-electron chi connectivity index (χ2n) is 8.78. The zero-order chi connectivity index (χ0) is 22.5. The maximum atomic E-state index is 12.6. The number of amides is 1. The number of nitrogens with one attached hydrogen (secondary N) is 1. The second-order valence-corrected chi connectivity index (χ2v) is 8.78. The number of rotatable bonds is 7. The number of anilines is 1. The summed E-state index contributed by atoms with van der Waals surface area (Å²) in [5.74, 6) is 1.67. The van der Waals surface area contributed by atoms with Gasteiger partial charge in [0.2, 0.25) is 5.91 Å². The fraction of sp³-hybridized carbons (Fsp3) is 0.500. The number of fused-ring (bicyclic) bond motifs is 1. The highest BCUT2D eigenvalue weighted by Crippen LogP contribution is 2.16. The lowest BCUT2D eigenvalue weighted by Crippen LogP contribution is -2.44. The van der Waals surface area contributed by atoms with Crippen LogP contribution >= 0.6 is 0 Å². The molecule has 3 aromatic rings. The summed E-state index contributed by atoms with van der Waals surface area (Å²) >= 11 is 0. The largest absolute Gasteiger partial charge is 0.378 e. The summed E-state index contributed by atoms with van der Waals surface area (Å²) in [7, 11) is 0. The minimum Gasteiger partial charge on any atom is -0.378 e. The fourth-order valence-electron chi connectivity index (χ4n) is 4.54. The van der Waals surface area contributed by atoms with Crippen LogP contribution in [0.4, 0.5) is 5.82 Å². The average Bonchev–Trinajstić information content (AvgIpc) is 3.27. The van der Waals surface area contributed by atoms with Gasteiger partial charge in [0.1, 0.15) is 5.82 Å². The lowest BCUT2D eigenvalue weighted by Gasteiger charge is -2.32. The van der Waals surface area contributed by atoms with Crippen molar-refractivity contribution in [2.45, 2.75) is 38.3 Å². The van der Waals surface area contributed by atoms with E-state index in [1.54, 1.807) is 4.52 Å². The van der Waals surface area contributed by atoms with Crippen LogP contribution in [0.1, 0.15) is 30.7 Å². The molecule has 2 aromatic heterocycles. The summed E-state index contributed by atoms with van der Waals surface area (Å²) in [5.41, 5.74) is 2.04. The van der Waals surface area contributed by atoms with Crippen molar-refractivity contribution in [1.82, 2.24) is 30.0 Å². The van der Waals surface area contributed by atoms with Crippen molar-refractivity contribution in [2.75, 3.05) is 44.3 Å². The predicted molar refractivity (Wildman–Crippen MR) is 125 cm³/mol. The first kappa shape index (κ1) is 21.8. The summed E-state index contributed by atoms with van der Waals surface area (Å²) in [5, 5.41) is 16.4. The summed E-state index contributed by atoms with van der Waals surface area (Å²) in [6.45, 7) is 6.04. The number of likely N-dealkylation sites (tertiary alicyclic amines) is 1. The number of nitrogens with zero attached hydrogens (tertiary/aromatic N) is 6. The van der Waals surface area contributed by atoms with Gasteiger partial charge in [-0.05, 0) is 30.5 Å². The van der Waals surface area contributed by atoms with E-state index < -0.39 is 0 Å². The van der Waals surface area contributed by atoms with Gasteiger partial charge in [0.15, 0.2) is 11.5 Å². The quantitative estimate of drug-likeness (QED) is 0.587. The van der Waals surface area contributed by atoms with Gasteiger partial charge in [0.25, 0.3) is 0 Å². The monoisotopic (exact) mass is 449 g/mol. The van der Waals surface area contributed by atoms with Crippen molar-refractivity contribution >= 4 is 17.4 Å². The third-order valence-corrected chi connectivity index (χ3v) is 6.43. The number of morpholine rings is 1. The molecule has 4 heterocycles. The Balaban J connectivity index is 1.11. The lowest BCUT2D eigenvalue weighted by atomic mass is 10.0. The molecule has 33 heavy (non-hydrogen) atoms. The van der Waals surface area contributed by atoms with E-state index >= 15 is 0 Å². The summed E-state index contributed by atoms with van der Waals surface area (Å²) in [4.78, 5) is 17.3. The van der Waals surface area contributed by atoms with Crippen molar-refractivity contribution in [3.8, 4) is 0 Å². The van der Waals surface area contributed by atoms with Crippen LogP contribution in [-0.4, -0.2) is 76.1 Å². The van der Waals surface area contributed by atoms with Crippen molar-refractivity contribution in [2.24, 2.45) is 0 Å². The number of piperidine rings is 1. The zero-order valence-corrected chi connectivity index (χ0v) is 18.9. The molecule has 2 saturated heterocycles. The van der Waals surface area contributed by atoms with E-state index in [0.29, 0.717) is 37.5 Å². The van der Waals surface area contributed by atoms with Crippen LogP contribution in [0.25, 0.3) is 5.65 Å². The van der Waals surface area contributed by atoms with Gasteiger partial charge in [0.05, 0.1) is 13.2 Å². The standard InChI is InChI=1S/C24H31N7O2/c32-24(25-20-10-12-29(13-11-20)18-19-4-2-1-3-5-19)9-8-22-27-26-21-6-7-23(28-31(21)22)30-14-16-33-17-15-30/h1-7,20H,8-18H2,(H,25,32). The van der Waals surface area contributed by atoms with Crippen LogP contribution in [0.15, 0.2) is 42.5 Å². The molecular weight excluding hydrogens is 418 g/mol. The number of carbonyl (C=O) groups is 1. The van der Waals surface area contributed by atoms with Crippen LogP contribution in [0.5, 0.6) is 0 Å². The summed E-state index contributed by atoms with van der Waals surface area (Å²) < 4.78 is 7.19. The van der Waals surface area contributed by atoms with E-state index in [9.17, 15) is 4.79 Å². The van der Waals surface area contributed by atoms with E-state index in [1.807, 2.05) is 18.2 Å². The van der Waals surface area contributed by atoms with Crippen molar-refractivity contribution in [3.05, 3.63) is 53.9 Å². The minimum atomic E-state index is 0.0672. The minimum absolute atomic E-state index is 0.0672. The maximum Gasteiger partial charge on any atom is 0.220 e. The first-order valence-corrected chi connectivity index (χ1v) is 11.8. The molecule has 0 atom stereocenters. The van der Waals surface area contributed by atoms with Crippen LogP contribution in [-0.2, 0) is 22.5 Å². The molecule has 1 aromatic carbocycles. The normalized spacial score (nSPS) is 18.0. The highest BCUT2D eigenvalue weighted by Gasteiger charge is 2.21. The van der Waals surface area contributed by atoms with Gasteiger partial charge >= 0.3 is 0 Å². The first-order chi connectivity index (χ1) is 16.2. The lowest BCUT2D eigenvalue weighted by molar-refractivity contribution is -0.122. The first-order valence-electron chi connectivity index (χ1n) is 11.8. The molecule has 174 valence electrons. The number of ether oxygens (including phenoxy) is 1. The number of aryl methyl sites for hydroxylation is 1. The fourth-order valence-corrected chi connectivity index (χ4v) is 4.54. The van der Waals surface area contributed by atoms with Gasteiger partial charge < -0.3 is 15.0 Å². The number of benzene rings is 1. The molecule has 2 aliphatic heterocycles. The van der Waals surface area contributed by atoms with E-state index in [2.05, 4.69) is 49.6 Å². The Hall–Kier alpha value is -3.04. The predicted octanol–water partition coefficient (Wildman–Crippen LogP) is 1.67. The molecule has 9 heteroatoms. The molecule has 2 aliphatic rings. The summed E-state index contributed by atoms with van der Waals surface area (Å²) in [6.07, 6.45) is 2.86. The molecule has 1 N–H and O–H groups in total. The Labute approximate surface area is 193 Å². The van der Waals surface area contributed by atoms with E-state index in [1.165, 1.54) is 5.56 Å². The van der Waals surface area contributed by atoms with Crippen molar-refractivity contribution in [1.29, 1.82) is 0 Å². The third-order valence-electron chi connectivity index (χ3n) is 6.43. The topological polar surface area (TPSA) is 87.9 Å². The summed E-state index contributed by atoms with van der Waals surface area (Å²) in [6, 6.07) is 14.7. The third kappa shape index (κ3) is 5.48.